The Morgan fingerprint density at radius 2 is 1.62 bits per heavy atom. The molecule has 29 heavy (non-hydrogen) atoms. The molecule has 0 spiro atoms. The van der Waals surface area contributed by atoms with Crippen molar-refractivity contribution in [2.75, 3.05) is 24.3 Å². The van der Waals surface area contributed by atoms with E-state index in [4.69, 9.17) is 13.9 Å². The molecular weight excluding hydrogens is 396 g/mol. The minimum Gasteiger partial charge on any atom is -0.497 e. The fraction of sp³-hybridized carbons (Fsp3) is 0.150. The van der Waals surface area contributed by atoms with E-state index in [1.165, 1.54) is 32.4 Å². The summed E-state index contributed by atoms with van der Waals surface area (Å²) in [5.41, 5.74) is 0.633. The Balaban J connectivity index is 1.87. The molecule has 3 rings (SSSR count). The number of hydrogen-bond donors (Lipinski definition) is 2. The molecule has 0 aliphatic carbocycles. The van der Waals surface area contributed by atoms with Crippen LogP contribution in [0.5, 0.6) is 11.5 Å². The first kappa shape index (κ1) is 20.3. The average molecular weight is 416 g/mol. The number of anilines is 2. The standard InChI is InChI=1S/C20H20N2O6S/c1-13-4-10-18(28-13)20(23)21-15-7-11-17(27-3)19(12-15)29(24,25)22-14-5-8-16(26-2)9-6-14/h4-12,22H,1-3H3,(H,21,23). The molecular formula is C20H20N2O6S. The second-order valence-electron chi connectivity index (χ2n) is 6.06. The highest BCUT2D eigenvalue weighted by molar-refractivity contribution is 7.92. The van der Waals surface area contributed by atoms with Gasteiger partial charge in [0.2, 0.25) is 0 Å². The maximum absolute atomic E-state index is 12.9. The summed E-state index contributed by atoms with van der Waals surface area (Å²) in [4.78, 5) is 12.2. The molecule has 3 aromatic rings. The molecule has 2 N–H and O–H groups in total. The lowest BCUT2D eigenvalue weighted by atomic mass is 10.3. The van der Waals surface area contributed by atoms with Crippen LogP contribution in [0.25, 0.3) is 0 Å². The van der Waals surface area contributed by atoms with Crippen molar-refractivity contribution in [1.82, 2.24) is 0 Å². The molecule has 0 radical (unpaired) electrons. The molecule has 152 valence electrons. The molecule has 0 atom stereocenters. The van der Waals surface area contributed by atoms with Crippen molar-refractivity contribution in [1.29, 1.82) is 0 Å². The number of benzene rings is 2. The van der Waals surface area contributed by atoms with Crippen molar-refractivity contribution < 1.29 is 27.1 Å². The molecule has 2 aromatic carbocycles. The van der Waals surface area contributed by atoms with Crippen LogP contribution in [0, 0.1) is 6.92 Å². The number of carbonyl (C=O) groups excluding carboxylic acids is 1. The van der Waals surface area contributed by atoms with Crippen LogP contribution in [0.1, 0.15) is 16.3 Å². The largest absolute Gasteiger partial charge is 0.497 e. The predicted molar refractivity (Wildman–Crippen MR) is 108 cm³/mol. The Bertz CT molecular complexity index is 1120. The fourth-order valence-corrected chi connectivity index (χ4v) is 3.84. The number of furan rings is 1. The Morgan fingerprint density at radius 3 is 2.21 bits per heavy atom. The quantitative estimate of drug-likeness (QED) is 0.609. The SMILES string of the molecule is COc1ccc(NS(=O)(=O)c2cc(NC(=O)c3ccc(C)o3)ccc2OC)cc1. The van der Waals surface area contributed by atoms with Gasteiger partial charge in [0.05, 0.1) is 14.2 Å². The zero-order valence-electron chi connectivity index (χ0n) is 16.1. The van der Waals surface area contributed by atoms with Gasteiger partial charge in [-0.3, -0.25) is 9.52 Å². The van der Waals surface area contributed by atoms with Crippen LogP contribution in [-0.2, 0) is 10.0 Å². The number of sulfonamides is 1. The van der Waals surface area contributed by atoms with Gasteiger partial charge in [-0.2, -0.15) is 0 Å². The molecule has 0 unspecified atom stereocenters. The van der Waals surface area contributed by atoms with Gasteiger partial charge in [0.15, 0.2) is 5.76 Å². The second-order valence-corrected chi connectivity index (χ2v) is 7.71. The lowest BCUT2D eigenvalue weighted by molar-refractivity contribution is 0.0995. The zero-order chi connectivity index (χ0) is 21.0. The van der Waals surface area contributed by atoms with E-state index in [-0.39, 0.29) is 22.1 Å². The number of aryl methyl sites for hydroxylation is 1. The summed E-state index contributed by atoms with van der Waals surface area (Å²) in [7, 11) is -1.10. The van der Waals surface area contributed by atoms with Gasteiger partial charge in [-0.05, 0) is 61.5 Å². The summed E-state index contributed by atoms with van der Waals surface area (Å²) >= 11 is 0. The van der Waals surface area contributed by atoms with E-state index >= 15 is 0 Å². The summed E-state index contributed by atoms with van der Waals surface area (Å²) in [6, 6.07) is 14.0. The van der Waals surface area contributed by atoms with Gasteiger partial charge < -0.3 is 19.2 Å². The zero-order valence-corrected chi connectivity index (χ0v) is 16.9. The molecule has 0 aliphatic heterocycles. The first-order valence-electron chi connectivity index (χ1n) is 8.55. The van der Waals surface area contributed by atoms with Crippen molar-refractivity contribution in [3.8, 4) is 11.5 Å². The monoisotopic (exact) mass is 416 g/mol. The Labute approximate surface area is 168 Å². The van der Waals surface area contributed by atoms with E-state index in [2.05, 4.69) is 10.0 Å². The lowest BCUT2D eigenvalue weighted by Crippen LogP contribution is -2.16. The van der Waals surface area contributed by atoms with Crippen LogP contribution >= 0.6 is 0 Å². The van der Waals surface area contributed by atoms with E-state index < -0.39 is 15.9 Å². The van der Waals surface area contributed by atoms with Gasteiger partial charge in [0.25, 0.3) is 15.9 Å². The third-order valence-electron chi connectivity index (χ3n) is 4.02. The summed E-state index contributed by atoms with van der Waals surface area (Å²) in [6.45, 7) is 1.72. The predicted octanol–water partition coefficient (Wildman–Crippen LogP) is 3.66. The van der Waals surface area contributed by atoms with Crippen molar-refractivity contribution in [3.05, 3.63) is 66.1 Å². The molecule has 8 nitrogen and oxygen atoms in total. The van der Waals surface area contributed by atoms with Gasteiger partial charge in [0.1, 0.15) is 22.2 Å². The number of ether oxygens (including phenoxy) is 2. The summed E-state index contributed by atoms with van der Waals surface area (Å²) in [5.74, 6) is 0.965. The smallest absolute Gasteiger partial charge is 0.291 e. The van der Waals surface area contributed by atoms with Gasteiger partial charge in [-0.15, -0.1) is 0 Å². The summed E-state index contributed by atoms with van der Waals surface area (Å²) < 4.78 is 43.8. The van der Waals surface area contributed by atoms with E-state index in [0.29, 0.717) is 17.2 Å². The normalized spacial score (nSPS) is 11.0. The van der Waals surface area contributed by atoms with Crippen molar-refractivity contribution in [3.63, 3.8) is 0 Å². The highest BCUT2D eigenvalue weighted by Gasteiger charge is 2.21. The van der Waals surface area contributed by atoms with Crippen LogP contribution in [0.2, 0.25) is 0 Å². The Kier molecular flexibility index (Phi) is 5.79. The first-order chi connectivity index (χ1) is 13.8. The third kappa shape index (κ3) is 4.69. The van der Waals surface area contributed by atoms with Crippen molar-refractivity contribution in [2.24, 2.45) is 0 Å². The molecule has 1 amide bonds. The average Bonchev–Trinajstić information content (AvgIpc) is 3.15. The van der Waals surface area contributed by atoms with Gasteiger partial charge in [-0.1, -0.05) is 0 Å². The number of rotatable bonds is 7. The van der Waals surface area contributed by atoms with E-state index in [0.717, 1.165) is 0 Å². The summed E-state index contributed by atoms with van der Waals surface area (Å²) in [5, 5.41) is 2.62. The lowest BCUT2D eigenvalue weighted by Gasteiger charge is -2.13. The van der Waals surface area contributed by atoms with E-state index in [1.54, 1.807) is 43.3 Å². The molecule has 0 bridgehead atoms. The molecule has 0 saturated carbocycles. The number of amides is 1. The maximum Gasteiger partial charge on any atom is 0.291 e. The van der Waals surface area contributed by atoms with Gasteiger partial charge >= 0.3 is 0 Å². The topological polar surface area (TPSA) is 107 Å². The molecule has 0 saturated heterocycles. The molecule has 1 aromatic heterocycles. The van der Waals surface area contributed by atoms with Crippen LogP contribution in [-0.4, -0.2) is 28.5 Å². The third-order valence-corrected chi connectivity index (χ3v) is 5.42. The number of methoxy groups -OCH3 is 2. The van der Waals surface area contributed by atoms with Crippen LogP contribution in [0.3, 0.4) is 0 Å². The maximum atomic E-state index is 12.9. The molecule has 0 fully saturated rings. The molecule has 0 aliphatic rings. The number of nitrogens with one attached hydrogen (secondary N) is 2. The minimum atomic E-state index is -3.99. The highest BCUT2D eigenvalue weighted by Crippen LogP contribution is 2.29. The second kappa shape index (κ2) is 8.27. The first-order valence-corrected chi connectivity index (χ1v) is 10.0. The number of hydrogen-bond acceptors (Lipinski definition) is 6. The minimum absolute atomic E-state index is 0.121. The van der Waals surface area contributed by atoms with Crippen LogP contribution in [0.4, 0.5) is 11.4 Å². The van der Waals surface area contributed by atoms with Crippen LogP contribution < -0.4 is 19.5 Å². The van der Waals surface area contributed by atoms with Crippen molar-refractivity contribution >= 4 is 27.3 Å². The highest BCUT2D eigenvalue weighted by atomic mass is 32.2. The van der Waals surface area contributed by atoms with Gasteiger partial charge in [0, 0.05) is 11.4 Å². The molecule has 1 heterocycles. The summed E-state index contributed by atoms with van der Waals surface area (Å²) in [6.07, 6.45) is 0. The number of carbonyl (C=O) groups is 1. The Hall–Kier alpha value is -3.46. The fourth-order valence-electron chi connectivity index (χ4n) is 2.58. The van der Waals surface area contributed by atoms with Crippen LogP contribution in [0.15, 0.2) is 63.9 Å². The van der Waals surface area contributed by atoms with E-state index in [1.807, 2.05) is 0 Å². The van der Waals surface area contributed by atoms with Gasteiger partial charge in [-0.25, -0.2) is 8.42 Å². The Morgan fingerprint density at radius 1 is 0.931 bits per heavy atom. The molecule has 9 heteroatoms. The van der Waals surface area contributed by atoms with Crippen molar-refractivity contribution in [2.45, 2.75) is 11.8 Å². The van der Waals surface area contributed by atoms with E-state index in [9.17, 15) is 13.2 Å².